The van der Waals surface area contributed by atoms with Gasteiger partial charge in [-0.05, 0) is 25.2 Å². The maximum absolute atomic E-state index is 12.2. The monoisotopic (exact) mass is 276 g/mol. The van der Waals surface area contributed by atoms with Crippen LogP contribution in [0.2, 0.25) is 0 Å². The number of likely N-dealkylation sites (tertiary alicyclic amines) is 1. The van der Waals surface area contributed by atoms with Crippen LogP contribution in [0.5, 0.6) is 0 Å². The van der Waals surface area contributed by atoms with Crippen molar-refractivity contribution in [1.29, 1.82) is 0 Å². The molecule has 0 saturated carbocycles. The third-order valence-corrected chi connectivity index (χ3v) is 3.79. The minimum Gasteiger partial charge on any atom is -0.378 e. The molecular weight excluding hydrogens is 252 g/mol. The summed E-state index contributed by atoms with van der Waals surface area (Å²) in [4.78, 5) is 14.2. The Morgan fingerprint density at radius 3 is 2.94 bits per heavy atom. The molecule has 4 nitrogen and oxygen atoms in total. The van der Waals surface area contributed by atoms with Crippen LogP contribution in [0.4, 0.5) is 0 Å². The highest BCUT2D eigenvalue weighted by molar-refractivity contribution is 5.85. The summed E-state index contributed by atoms with van der Waals surface area (Å²) in [5.41, 5.74) is 0. The molecular formula is C13H25ClN2O2. The summed E-state index contributed by atoms with van der Waals surface area (Å²) in [7, 11) is 0. The van der Waals surface area contributed by atoms with E-state index in [9.17, 15) is 4.79 Å². The highest BCUT2D eigenvalue weighted by atomic mass is 35.5. The molecule has 18 heavy (non-hydrogen) atoms. The van der Waals surface area contributed by atoms with Crippen molar-refractivity contribution in [1.82, 2.24) is 10.2 Å². The fraction of sp³-hybridized carbons (Fsp3) is 0.923. The Kier molecular flexibility index (Phi) is 6.97. The van der Waals surface area contributed by atoms with Gasteiger partial charge in [0.05, 0.1) is 13.2 Å². The zero-order chi connectivity index (χ0) is 12.1. The van der Waals surface area contributed by atoms with Gasteiger partial charge in [0.2, 0.25) is 5.91 Å². The molecule has 0 aromatic carbocycles. The molecule has 2 saturated heterocycles. The van der Waals surface area contributed by atoms with Crippen LogP contribution < -0.4 is 5.32 Å². The summed E-state index contributed by atoms with van der Waals surface area (Å²) in [5.74, 6) is 1.06. The van der Waals surface area contributed by atoms with Crippen LogP contribution in [0.3, 0.4) is 0 Å². The average molecular weight is 277 g/mol. The van der Waals surface area contributed by atoms with Gasteiger partial charge in [-0.15, -0.1) is 12.4 Å². The molecule has 106 valence electrons. The number of amides is 1. The smallest absolute Gasteiger partial charge is 0.224 e. The largest absolute Gasteiger partial charge is 0.378 e. The SMILES string of the molecule is CC1CCCN(C(=O)CC2COCCN2)CC1.Cl. The van der Waals surface area contributed by atoms with Gasteiger partial charge in [-0.3, -0.25) is 4.79 Å². The molecule has 0 radical (unpaired) electrons. The Labute approximate surface area is 116 Å². The molecule has 2 fully saturated rings. The zero-order valence-corrected chi connectivity index (χ0v) is 12.0. The molecule has 2 aliphatic rings. The van der Waals surface area contributed by atoms with E-state index in [1.807, 2.05) is 4.90 Å². The second kappa shape index (κ2) is 7.97. The molecule has 0 aliphatic carbocycles. The predicted molar refractivity (Wildman–Crippen MR) is 74.1 cm³/mol. The number of ether oxygens (including phenoxy) is 1. The van der Waals surface area contributed by atoms with Crippen molar-refractivity contribution >= 4 is 18.3 Å². The highest BCUT2D eigenvalue weighted by Gasteiger charge is 2.22. The van der Waals surface area contributed by atoms with Crippen molar-refractivity contribution in [3.05, 3.63) is 0 Å². The van der Waals surface area contributed by atoms with Crippen molar-refractivity contribution in [2.75, 3.05) is 32.8 Å². The number of nitrogens with zero attached hydrogens (tertiary/aromatic N) is 1. The van der Waals surface area contributed by atoms with Gasteiger partial charge in [-0.25, -0.2) is 0 Å². The first-order valence-electron chi connectivity index (χ1n) is 6.84. The molecule has 2 heterocycles. The lowest BCUT2D eigenvalue weighted by Crippen LogP contribution is -2.45. The molecule has 0 aromatic rings. The van der Waals surface area contributed by atoms with E-state index in [0.29, 0.717) is 18.9 Å². The van der Waals surface area contributed by atoms with Crippen molar-refractivity contribution in [3.8, 4) is 0 Å². The third-order valence-electron chi connectivity index (χ3n) is 3.79. The second-order valence-corrected chi connectivity index (χ2v) is 5.35. The van der Waals surface area contributed by atoms with E-state index in [0.717, 1.165) is 45.0 Å². The Morgan fingerprint density at radius 1 is 1.39 bits per heavy atom. The number of hydrogen-bond donors (Lipinski definition) is 1. The van der Waals surface area contributed by atoms with Crippen LogP contribution in [-0.2, 0) is 9.53 Å². The van der Waals surface area contributed by atoms with Gasteiger partial charge in [-0.2, -0.15) is 0 Å². The molecule has 2 atom stereocenters. The minimum absolute atomic E-state index is 0. The lowest BCUT2D eigenvalue weighted by molar-refractivity contribution is -0.132. The summed E-state index contributed by atoms with van der Waals surface area (Å²) in [6, 6.07) is 0.219. The Balaban J connectivity index is 0.00000162. The molecule has 0 aromatic heterocycles. The number of halogens is 1. The second-order valence-electron chi connectivity index (χ2n) is 5.35. The summed E-state index contributed by atoms with van der Waals surface area (Å²) in [6.07, 6.45) is 4.16. The lowest BCUT2D eigenvalue weighted by Gasteiger charge is -2.27. The third kappa shape index (κ3) is 4.75. The number of morpholine rings is 1. The topological polar surface area (TPSA) is 41.6 Å². The Morgan fingerprint density at radius 2 is 2.22 bits per heavy atom. The van der Waals surface area contributed by atoms with Crippen molar-refractivity contribution in [2.45, 2.75) is 38.6 Å². The van der Waals surface area contributed by atoms with E-state index in [4.69, 9.17) is 4.74 Å². The fourth-order valence-electron chi connectivity index (χ4n) is 2.60. The van der Waals surface area contributed by atoms with Crippen molar-refractivity contribution in [2.24, 2.45) is 5.92 Å². The molecule has 1 amide bonds. The van der Waals surface area contributed by atoms with Crippen molar-refractivity contribution < 1.29 is 9.53 Å². The van der Waals surface area contributed by atoms with E-state index < -0.39 is 0 Å². The van der Waals surface area contributed by atoms with Gasteiger partial charge in [0.15, 0.2) is 0 Å². The van der Waals surface area contributed by atoms with E-state index in [1.54, 1.807) is 0 Å². The van der Waals surface area contributed by atoms with Crippen LogP contribution in [0.1, 0.15) is 32.6 Å². The average Bonchev–Trinajstić information content (AvgIpc) is 2.55. The van der Waals surface area contributed by atoms with E-state index >= 15 is 0 Å². The Bertz CT molecular complexity index is 257. The number of nitrogens with one attached hydrogen (secondary N) is 1. The van der Waals surface area contributed by atoms with Gasteiger partial charge in [0.1, 0.15) is 0 Å². The van der Waals surface area contributed by atoms with Crippen LogP contribution in [0, 0.1) is 5.92 Å². The standard InChI is InChI=1S/C13H24N2O2.ClH/c1-11-3-2-6-15(7-4-11)13(16)9-12-10-17-8-5-14-12;/h11-12,14H,2-10H2,1H3;1H. The number of rotatable bonds is 2. The molecule has 0 spiro atoms. The highest BCUT2D eigenvalue weighted by Crippen LogP contribution is 2.17. The van der Waals surface area contributed by atoms with Crippen molar-refractivity contribution in [3.63, 3.8) is 0 Å². The first kappa shape index (κ1) is 15.7. The molecule has 2 unspecified atom stereocenters. The summed E-state index contributed by atoms with van der Waals surface area (Å²) in [5, 5.41) is 3.34. The van der Waals surface area contributed by atoms with Crippen LogP contribution >= 0.6 is 12.4 Å². The first-order chi connectivity index (χ1) is 8.25. The molecule has 0 bridgehead atoms. The van der Waals surface area contributed by atoms with E-state index in [-0.39, 0.29) is 18.4 Å². The van der Waals surface area contributed by atoms with Gasteiger partial charge in [0.25, 0.3) is 0 Å². The lowest BCUT2D eigenvalue weighted by atomic mass is 10.0. The summed E-state index contributed by atoms with van der Waals surface area (Å²) < 4.78 is 5.38. The predicted octanol–water partition coefficient (Wildman–Crippen LogP) is 1.44. The number of carbonyl (C=O) groups excluding carboxylic acids is 1. The van der Waals surface area contributed by atoms with Gasteiger partial charge in [-0.1, -0.05) is 6.92 Å². The fourth-order valence-corrected chi connectivity index (χ4v) is 2.60. The zero-order valence-electron chi connectivity index (χ0n) is 11.2. The quantitative estimate of drug-likeness (QED) is 0.830. The Hall–Kier alpha value is -0.320. The normalized spacial score (nSPS) is 29.3. The van der Waals surface area contributed by atoms with Gasteiger partial charge < -0.3 is 15.0 Å². The minimum atomic E-state index is 0. The number of carbonyl (C=O) groups is 1. The molecule has 5 heteroatoms. The molecule has 2 rings (SSSR count). The summed E-state index contributed by atoms with van der Waals surface area (Å²) >= 11 is 0. The molecule has 2 aliphatic heterocycles. The summed E-state index contributed by atoms with van der Waals surface area (Å²) in [6.45, 7) is 6.48. The maximum Gasteiger partial charge on any atom is 0.224 e. The van der Waals surface area contributed by atoms with Gasteiger partial charge in [0, 0.05) is 32.1 Å². The number of hydrogen-bond acceptors (Lipinski definition) is 3. The van der Waals surface area contributed by atoms with Crippen LogP contribution in [0.25, 0.3) is 0 Å². The van der Waals surface area contributed by atoms with E-state index in [2.05, 4.69) is 12.2 Å². The van der Waals surface area contributed by atoms with Crippen LogP contribution in [0.15, 0.2) is 0 Å². The van der Waals surface area contributed by atoms with E-state index in [1.165, 1.54) is 6.42 Å². The molecule has 1 N–H and O–H groups in total. The van der Waals surface area contributed by atoms with Crippen LogP contribution in [-0.4, -0.2) is 49.7 Å². The first-order valence-corrected chi connectivity index (χ1v) is 6.84. The maximum atomic E-state index is 12.2. The van der Waals surface area contributed by atoms with Gasteiger partial charge >= 0.3 is 0 Å².